The number of anilines is 2. The molecule has 0 aromatic heterocycles. The summed E-state index contributed by atoms with van der Waals surface area (Å²) in [5, 5.41) is 8.93. The van der Waals surface area contributed by atoms with Crippen molar-refractivity contribution in [3.05, 3.63) is 23.8 Å². The maximum absolute atomic E-state index is 10.9. The molecule has 1 saturated heterocycles. The molecule has 0 spiro atoms. The van der Waals surface area contributed by atoms with Gasteiger partial charge in [0.25, 0.3) is 0 Å². The fraction of sp³-hybridized carbons (Fsp3) is 0.500. The molecule has 5 heteroatoms. The summed E-state index contributed by atoms with van der Waals surface area (Å²) in [6.07, 6.45) is 2.44. The van der Waals surface area contributed by atoms with Crippen molar-refractivity contribution in [2.45, 2.75) is 18.9 Å². The molecule has 19 heavy (non-hydrogen) atoms. The second kappa shape index (κ2) is 5.48. The first kappa shape index (κ1) is 13.7. The summed E-state index contributed by atoms with van der Waals surface area (Å²) in [6, 6.07) is 5.45. The van der Waals surface area contributed by atoms with Crippen LogP contribution in [0.2, 0.25) is 0 Å². The van der Waals surface area contributed by atoms with Crippen molar-refractivity contribution in [1.82, 2.24) is 4.90 Å². The first-order valence-electron chi connectivity index (χ1n) is 6.53. The molecular formula is C14H21N3O2. The van der Waals surface area contributed by atoms with E-state index in [1.807, 2.05) is 7.05 Å². The molecule has 1 aromatic rings. The zero-order valence-corrected chi connectivity index (χ0v) is 11.5. The number of likely N-dealkylation sites (tertiary alicyclic amines) is 1. The third-order valence-electron chi connectivity index (χ3n) is 3.84. The van der Waals surface area contributed by atoms with Gasteiger partial charge in [0, 0.05) is 19.6 Å². The van der Waals surface area contributed by atoms with E-state index in [0.717, 1.165) is 18.8 Å². The smallest absolute Gasteiger partial charge is 0.335 e. The quantitative estimate of drug-likeness (QED) is 0.806. The molecule has 1 aromatic carbocycles. The highest BCUT2D eigenvalue weighted by Crippen LogP contribution is 2.25. The number of nitrogens with zero attached hydrogens (tertiary/aromatic N) is 2. The first-order chi connectivity index (χ1) is 8.99. The Morgan fingerprint density at radius 1 is 1.58 bits per heavy atom. The van der Waals surface area contributed by atoms with Gasteiger partial charge in [-0.25, -0.2) is 4.79 Å². The molecule has 104 valence electrons. The molecule has 1 fully saturated rings. The summed E-state index contributed by atoms with van der Waals surface area (Å²) in [5.74, 6) is -0.948. The highest BCUT2D eigenvalue weighted by atomic mass is 16.4. The number of hydrogen-bond acceptors (Lipinski definition) is 4. The molecule has 1 heterocycles. The van der Waals surface area contributed by atoms with Crippen molar-refractivity contribution < 1.29 is 9.90 Å². The summed E-state index contributed by atoms with van der Waals surface area (Å²) in [5.41, 5.74) is 7.59. The van der Waals surface area contributed by atoms with Crippen molar-refractivity contribution >= 4 is 17.3 Å². The van der Waals surface area contributed by atoms with Crippen LogP contribution in [0.5, 0.6) is 0 Å². The molecule has 1 aliphatic rings. The molecule has 0 amide bonds. The largest absolute Gasteiger partial charge is 0.478 e. The van der Waals surface area contributed by atoms with E-state index in [9.17, 15) is 4.79 Å². The van der Waals surface area contributed by atoms with E-state index in [2.05, 4.69) is 16.8 Å². The van der Waals surface area contributed by atoms with Gasteiger partial charge in [-0.15, -0.1) is 0 Å². The fourth-order valence-electron chi connectivity index (χ4n) is 2.66. The van der Waals surface area contributed by atoms with Gasteiger partial charge in [-0.3, -0.25) is 0 Å². The van der Waals surface area contributed by atoms with Crippen LogP contribution in [0.15, 0.2) is 18.2 Å². The molecule has 3 N–H and O–H groups in total. The van der Waals surface area contributed by atoms with Gasteiger partial charge in [-0.05, 0) is 44.6 Å². The molecule has 0 saturated carbocycles. The van der Waals surface area contributed by atoms with Crippen LogP contribution in [0.25, 0.3) is 0 Å². The Morgan fingerprint density at radius 2 is 2.32 bits per heavy atom. The lowest BCUT2D eigenvalue weighted by molar-refractivity contribution is 0.0697. The number of benzene rings is 1. The number of nitrogen functional groups attached to an aromatic ring is 1. The van der Waals surface area contributed by atoms with Gasteiger partial charge in [-0.1, -0.05) is 0 Å². The van der Waals surface area contributed by atoms with Crippen LogP contribution in [0.1, 0.15) is 23.2 Å². The number of carboxylic acid groups (broad SMARTS) is 1. The van der Waals surface area contributed by atoms with Crippen LogP contribution < -0.4 is 10.6 Å². The molecule has 2 rings (SSSR count). The lowest BCUT2D eigenvalue weighted by atomic mass is 10.1. The summed E-state index contributed by atoms with van der Waals surface area (Å²) >= 11 is 0. The Labute approximate surface area is 113 Å². The second-order valence-electron chi connectivity index (χ2n) is 5.24. The van der Waals surface area contributed by atoms with Gasteiger partial charge in [0.1, 0.15) is 0 Å². The Morgan fingerprint density at radius 3 is 2.84 bits per heavy atom. The Balaban J connectivity index is 2.10. The minimum absolute atomic E-state index is 0.229. The number of nitrogens with two attached hydrogens (primary N) is 1. The standard InChI is InChI=1S/C14H21N3O2/c1-16-7-3-4-11(16)9-17(2)13-6-5-10(14(18)19)8-12(13)15/h5-6,8,11H,3-4,7,9,15H2,1-2H3,(H,18,19). The number of carboxylic acids is 1. The van der Waals surface area contributed by atoms with Gasteiger partial charge in [0.05, 0.1) is 16.9 Å². The lowest BCUT2D eigenvalue weighted by Gasteiger charge is -2.28. The van der Waals surface area contributed by atoms with Gasteiger partial charge in [0.15, 0.2) is 0 Å². The average Bonchev–Trinajstić information content (AvgIpc) is 2.74. The highest BCUT2D eigenvalue weighted by molar-refractivity contribution is 5.90. The van der Waals surface area contributed by atoms with E-state index >= 15 is 0 Å². The fourth-order valence-corrected chi connectivity index (χ4v) is 2.66. The predicted molar refractivity (Wildman–Crippen MR) is 76.7 cm³/mol. The molecular weight excluding hydrogens is 242 g/mol. The SMILES string of the molecule is CN(CC1CCCN1C)c1ccc(C(=O)O)cc1N. The predicted octanol–water partition coefficient (Wildman–Crippen LogP) is 1.50. The third kappa shape index (κ3) is 2.98. The highest BCUT2D eigenvalue weighted by Gasteiger charge is 2.22. The Kier molecular flexibility index (Phi) is 3.95. The van der Waals surface area contributed by atoms with Crippen molar-refractivity contribution in [2.75, 3.05) is 37.8 Å². The van der Waals surface area contributed by atoms with Crippen molar-refractivity contribution in [1.29, 1.82) is 0 Å². The van der Waals surface area contributed by atoms with Crippen LogP contribution in [-0.4, -0.2) is 49.2 Å². The van der Waals surface area contributed by atoms with Crippen LogP contribution in [0.4, 0.5) is 11.4 Å². The molecule has 1 unspecified atom stereocenters. The average molecular weight is 263 g/mol. The van der Waals surface area contributed by atoms with Gasteiger partial charge < -0.3 is 20.6 Å². The van der Waals surface area contributed by atoms with Crippen LogP contribution >= 0.6 is 0 Å². The molecule has 0 aliphatic carbocycles. The summed E-state index contributed by atoms with van der Waals surface area (Å²) in [7, 11) is 4.14. The van der Waals surface area contributed by atoms with Crippen LogP contribution in [-0.2, 0) is 0 Å². The number of aromatic carboxylic acids is 1. The van der Waals surface area contributed by atoms with Crippen LogP contribution in [0, 0.1) is 0 Å². The number of rotatable bonds is 4. The molecule has 0 radical (unpaired) electrons. The van der Waals surface area contributed by atoms with Crippen LogP contribution in [0.3, 0.4) is 0 Å². The third-order valence-corrected chi connectivity index (χ3v) is 3.84. The van der Waals surface area contributed by atoms with E-state index in [-0.39, 0.29) is 5.56 Å². The Bertz CT molecular complexity index is 476. The Hall–Kier alpha value is -1.75. The maximum Gasteiger partial charge on any atom is 0.335 e. The minimum Gasteiger partial charge on any atom is -0.478 e. The zero-order chi connectivity index (χ0) is 14.0. The minimum atomic E-state index is -0.948. The lowest BCUT2D eigenvalue weighted by Crippen LogP contribution is -2.36. The molecule has 1 atom stereocenters. The normalized spacial score (nSPS) is 19.6. The number of likely N-dealkylation sites (N-methyl/N-ethyl adjacent to an activating group) is 2. The van der Waals surface area contributed by atoms with E-state index in [1.54, 1.807) is 12.1 Å². The van der Waals surface area contributed by atoms with Gasteiger partial charge in [0.2, 0.25) is 0 Å². The van der Waals surface area contributed by atoms with E-state index < -0.39 is 5.97 Å². The number of carbonyl (C=O) groups is 1. The second-order valence-corrected chi connectivity index (χ2v) is 5.24. The maximum atomic E-state index is 10.9. The van der Waals surface area contributed by atoms with Crippen molar-refractivity contribution in [2.24, 2.45) is 0 Å². The van der Waals surface area contributed by atoms with E-state index in [4.69, 9.17) is 10.8 Å². The molecule has 0 bridgehead atoms. The van der Waals surface area contributed by atoms with Gasteiger partial charge in [-0.2, -0.15) is 0 Å². The summed E-state index contributed by atoms with van der Waals surface area (Å²) in [6.45, 7) is 2.05. The molecule has 1 aliphatic heterocycles. The van der Waals surface area contributed by atoms with Gasteiger partial charge >= 0.3 is 5.97 Å². The zero-order valence-electron chi connectivity index (χ0n) is 11.5. The summed E-state index contributed by atoms with van der Waals surface area (Å²) < 4.78 is 0. The monoisotopic (exact) mass is 263 g/mol. The van der Waals surface area contributed by atoms with E-state index in [0.29, 0.717) is 11.7 Å². The number of hydrogen-bond donors (Lipinski definition) is 2. The topological polar surface area (TPSA) is 69.8 Å². The first-order valence-corrected chi connectivity index (χ1v) is 6.53. The van der Waals surface area contributed by atoms with Crippen molar-refractivity contribution in [3.8, 4) is 0 Å². The van der Waals surface area contributed by atoms with Crippen molar-refractivity contribution in [3.63, 3.8) is 0 Å². The summed E-state index contributed by atoms with van der Waals surface area (Å²) in [4.78, 5) is 15.3. The van der Waals surface area contributed by atoms with E-state index in [1.165, 1.54) is 18.9 Å². The molecule has 5 nitrogen and oxygen atoms in total.